The first-order chi connectivity index (χ1) is 8.29. The fourth-order valence-electron chi connectivity index (χ4n) is 2.35. The first kappa shape index (κ1) is 15.5. The molecule has 0 spiro atoms. The molecule has 2 N–H and O–H groups in total. The van der Waals surface area contributed by atoms with Gasteiger partial charge in [-0.05, 0) is 25.7 Å². The minimum Gasteiger partial charge on any atom is -0.327 e. The van der Waals surface area contributed by atoms with Gasteiger partial charge in [0.1, 0.15) is 0 Å². The lowest BCUT2D eigenvalue weighted by molar-refractivity contribution is 0.522. The van der Waals surface area contributed by atoms with E-state index in [4.69, 9.17) is 5.73 Å². The molecule has 0 amide bonds. The Balaban J connectivity index is 2.20. The van der Waals surface area contributed by atoms with Crippen molar-refractivity contribution in [2.45, 2.75) is 62.0 Å². The van der Waals surface area contributed by atoms with Gasteiger partial charge in [-0.2, -0.15) is 23.5 Å². The van der Waals surface area contributed by atoms with Crippen molar-refractivity contribution in [3.8, 4) is 0 Å². The van der Waals surface area contributed by atoms with Crippen LogP contribution in [-0.4, -0.2) is 28.0 Å². The average molecular weight is 274 g/mol. The quantitative estimate of drug-likeness (QED) is 0.533. The molecule has 1 heterocycles. The zero-order valence-corrected chi connectivity index (χ0v) is 12.7. The van der Waals surface area contributed by atoms with Gasteiger partial charge in [-0.15, -0.1) is 6.58 Å². The SMILES string of the molecule is C=CCCCCCC(N)C1SCCSC1CC. The molecule has 1 rings (SSSR count). The van der Waals surface area contributed by atoms with Crippen molar-refractivity contribution in [3.05, 3.63) is 12.7 Å². The lowest BCUT2D eigenvalue weighted by atomic mass is 10.0. The van der Waals surface area contributed by atoms with Crippen LogP contribution in [0.5, 0.6) is 0 Å². The van der Waals surface area contributed by atoms with Crippen molar-refractivity contribution in [3.63, 3.8) is 0 Å². The van der Waals surface area contributed by atoms with Crippen molar-refractivity contribution in [2.75, 3.05) is 11.5 Å². The van der Waals surface area contributed by atoms with E-state index in [1.54, 1.807) is 0 Å². The molecule has 0 aromatic rings. The molecule has 0 aromatic heterocycles. The lowest BCUT2D eigenvalue weighted by Gasteiger charge is -2.34. The van der Waals surface area contributed by atoms with E-state index in [2.05, 4.69) is 37.0 Å². The lowest BCUT2D eigenvalue weighted by Crippen LogP contribution is -2.41. The Hall–Kier alpha value is 0.400. The molecule has 0 saturated carbocycles. The van der Waals surface area contributed by atoms with Crippen molar-refractivity contribution < 1.29 is 0 Å². The predicted molar refractivity (Wildman–Crippen MR) is 84.0 cm³/mol. The largest absolute Gasteiger partial charge is 0.327 e. The van der Waals surface area contributed by atoms with Crippen LogP contribution in [0.15, 0.2) is 12.7 Å². The van der Waals surface area contributed by atoms with E-state index in [9.17, 15) is 0 Å². The summed E-state index contributed by atoms with van der Waals surface area (Å²) in [6.45, 7) is 6.06. The summed E-state index contributed by atoms with van der Waals surface area (Å²) in [6.07, 6.45) is 9.51. The molecule has 100 valence electrons. The molecule has 0 aromatic carbocycles. The van der Waals surface area contributed by atoms with Gasteiger partial charge in [0.05, 0.1) is 0 Å². The van der Waals surface area contributed by atoms with Gasteiger partial charge >= 0.3 is 0 Å². The number of allylic oxidation sites excluding steroid dienone is 1. The van der Waals surface area contributed by atoms with Crippen LogP contribution in [0, 0.1) is 0 Å². The zero-order chi connectivity index (χ0) is 12.5. The summed E-state index contributed by atoms with van der Waals surface area (Å²) in [5.41, 5.74) is 6.37. The topological polar surface area (TPSA) is 26.0 Å². The Morgan fingerprint density at radius 1 is 1.29 bits per heavy atom. The molecule has 1 fully saturated rings. The zero-order valence-electron chi connectivity index (χ0n) is 11.1. The van der Waals surface area contributed by atoms with Gasteiger partial charge in [-0.1, -0.05) is 25.8 Å². The van der Waals surface area contributed by atoms with Crippen LogP contribution in [0.1, 0.15) is 45.4 Å². The predicted octanol–water partition coefficient (Wildman–Crippen LogP) is 4.08. The molecule has 0 radical (unpaired) electrons. The van der Waals surface area contributed by atoms with E-state index in [1.165, 1.54) is 43.6 Å². The highest BCUT2D eigenvalue weighted by atomic mass is 32.2. The van der Waals surface area contributed by atoms with Crippen molar-refractivity contribution in [1.29, 1.82) is 0 Å². The standard InChI is InChI=1S/C14H27NS2/c1-3-5-6-7-8-9-12(15)14-13(4-2)16-10-11-17-14/h3,12-14H,1,4-11,15H2,2H3. The molecule has 1 aliphatic heterocycles. The highest BCUT2D eigenvalue weighted by Crippen LogP contribution is 2.35. The second kappa shape index (κ2) is 9.35. The number of thioether (sulfide) groups is 2. The molecule has 1 nitrogen and oxygen atoms in total. The smallest absolute Gasteiger partial charge is 0.0317 e. The fraction of sp³-hybridized carbons (Fsp3) is 0.857. The maximum atomic E-state index is 6.37. The van der Waals surface area contributed by atoms with Gasteiger partial charge in [-0.25, -0.2) is 0 Å². The Morgan fingerprint density at radius 2 is 2.06 bits per heavy atom. The summed E-state index contributed by atoms with van der Waals surface area (Å²) < 4.78 is 0. The third-order valence-corrected chi connectivity index (χ3v) is 6.79. The van der Waals surface area contributed by atoms with E-state index >= 15 is 0 Å². The van der Waals surface area contributed by atoms with Gasteiger partial charge in [0.25, 0.3) is 0 Å². The molecule has 3 unspecified atom stereocenters. The number of nitrogens with two attached hydrogens (primary N) is 1. The summed E-state index contributed by atoms with van der Waals surface area (Å²) in [7, 11) is 0. The van der Waals surface area contributed by atoms with Crippen LogP contribution in [0.3, 0.4) is 0 Å². The monoisotopic (exact) mass is 273 g/mol. The summed E-state index contributed by atoms with van der Waals surface area (Å²) in [4.78, 5) is 0. The maximum Gasteiger partial charge on any atom is 0.0317 e. The van der Waals surface area contributed by atoms with Crippen LogP contribution in [0.2, 0.25) is 0 Å². The third kappa shape index (κ3) is 5.71. The Labute approximate surface area is 115 Å². The summed E-state index contributed by atoms with van der Waals surface area (Å²) >= 11 is 4.24. The van der Waals surface area contributed by atoms with E-state index in [0.29, 0.717) is 11.3 Å². The Morgan fingerprint density at radius 3 is 2.76 bits per heavy atom. The third-order valence-electron chi connectivity index (χ3n) is 3.36. The van der Waals surface area contributed by atoms with Crippen LogP contribution in [-0.2, 0) is 0 Å². The Kier molecular flexibility index (Phi) is 8.50. The molecule has 3 heteroatoms. The number of unbranched alkanes of at least 4 members (excludes halogenated alkanes) is 3. The second-order valence-corrected chi connectivity index (χ2v) is 7.38. The van der Waals surface area contributed by atoms with Crippen molar-refractivity contribution >= 4 is 23.5 Å². The summed E-state index contributed by atoms with van der Waals surface area (Å²) in [5, 5.41) is 1.48. The van der Waals surface area contributed by atoms with E-state index in [0.717, 1.165) is 11.7 Å². The molecular formula is C14H27NS2. The number of hydrogen-bond acceptors (Lipinski definition) is 3. The first-order valence-corrected chi connectivity index (χ1v) is 8.99. The molecule has 1 saturated heterocycles. The van der Waals surface area contributed by atoms with E-state index < -0.39 is 0 Å². The van der Waals surface area contributed by atoms with Crippen molar-refractivity contribution in [2.24, 2.45) is 5.73 Å². The minimum atomic E-state index is 0.404. The Bertz CT molecular complexity index is 208. The van der Waals surface area contributed by atoms with Gasteiger partial charge in [0.2, 0.25) is 0 Å². The van der Waals surface area contributed by atoms with E-state index in [-0.39, 0.29) is 0 Å². The van der Waals surface area contributed by atoms with Crippen LogP contribution < -0.4 is 5.73 Å². The average Bonchev–Trinajstić information content (AvgIpc) is 2.38. The minimum absolute atomic E-state index is 0.404. The van der Waals surface area contributed by atoms with Crippen LogP contribution in [0.25, 0.3) is 0 Å². The second-order valence-electron chi connectivity index (χ2n) is 4.74. The molecular weight excluding hydrogens is 246 g/mol. The summed E-state index contributed by atoms with van der Waals surface area (Å²) in [5.74, 6) is 2.60. The first-order valence-electron chi connectivity index (χ1n) is 6.89. The maximum absolute atomic E-state index is 6.37. The summed E-state index contributed by atoms with van der Waals surface area (Å²) in [6, 6.07) is 0.404. The van der Waals surface area contributed by atoms with Crippen LogP contribution >= 0.6 is 23.5 Å². The van der Waals surface area contributed by atoms with Gasteiger partial charge in [0.15, 0.2) is 0 Å². The normalized spacial score (nSPS) is 26.7. The van der Waals surface area contributed by atoms with Gasteiger partial charge in [0, 0.05) is 28.0 Å². The van der Waals surface area contributed by atoms with Gasteiger partial charge in [-0.3, -0.25) is 0 Å². The number of rotatable bonds is 8. The molecule has 1 aliphatic rings. The number of hydrogen-bond donors (Lipinski definition) is 1. The van der Waals surface area contributed by atoms with Crippen molar-refractivity contribution in [1.82, 2.24) is 0 Å². The van der Waals surface area contributed by atoms with E-state index in [1.807, 2.05) is 6.08 Å². The van der Waals surface area contributed by atoms with Crippen LogP contribution in [0.4, 0.5) is 0 Å². The fourth-order valence-corrected chi connectivity index (χ4v) is 5.58. The highest BCUT2D eigenvalue weighted by molar-refractivity contribution is 8.07. The van der Waals surface area contributed by atoms with Gasteiger partial charge < -0.3 is 5.73 Å². The molecule has 3 atom stereocenters. The highest BCUT2D eigenvalue weighted by Gasteiger charge is 2.29. The molecule has 17 heavy (non-hydrogen) atoms. The molecule has 0 bridgehead atoms. The molecule has 0 aliphatic carbocycles.